The predicted molar refractivity (Wildman–Crippen MR) is 127 cm³/mol. The highest BCUT2D eigenvalue weighted by molar-refractivity contribution is 7.21. The van der Waals surface area contributed by atoms with Gasteiger partial charge in [0.25, 0.3) is 0 Å². The number of piperidine rings is 1. The van der Waals surface area contributed by atoms with Gasteiger partial charge < -0.3 is 10.6 Å². The SMILES string of the molecule is N#CC1=C2N=C(N)c3c(sc4c3C3CCN4CC3)N2C2=C(C(=O)CCC2)C1c1cccs1. The van der Waals surface area contributed by atoms with Gasteiger partial charge >= 0.3 is 0 Å². The maximum atomic E-state index is 13.3. The van der Waals surface area contributed by atoms with E-state index in [1.54, 1.807) is 22.7 Å². The Balaban J connectivity index is 1.53. The summed E-state index contributed by atoms with van der Waals surface area (Å²) < 4.78 is 0. The Bertz CT molecular complexity index is 1310. The van der Waals surface area contributed by atoms with Gasteiger partial charge in [0.15, 0.2) is 11.6 Å². The van der Waals surface area contributed by atoms with E-state index < -0.39 is 0 Å². The van der Waals surface area contributed by atoms with Crippen molar-refractivity contribution >= 4 is 44.3 Å². The molecule has 2 N–H and O–H groups in total. The van der Waals surface area contributed by atoms with E-state index >= 15 is 0 Å². The second kappa shape index (κ2) is 6.56. The number of allylic oxidation sites excluding steroid dienone is 3. The molecule has 2 aromatic heterocycles. The van der Waals surface area contributed by atoms with Crippen LogP contribution in [0, 0.1) is 11.3 Å². The van der Waals surface area contributed by atoms with Gasteiger partial charge in [-0.15, -0.1) is 11.3 Å². The van der Waals surface area contributed by atoms with Gasteiger partial charge in [0.05, 0.1) is 28.1 Å². The number of anilines is 2. The number of nitriles is 1. The van der Waals surface area contributed by atoms with Gasteiger partial charge in [-0.25, -0.2) is 4.99 Å². The van der Waals surface area contributed by atoms with Crippen molar-refractivity contribution in [2.75, 3.05) is 22.9 Å². The fraction of sp³-hybridized carbons (Fsp3) is 0.375. The molecular formula is C24H21N5OS2. The monoisotopic (exact) mass is 459 g/mol. The molecule has 8 rings (SSSR count). The van der Waals surface area contributed by atoms with Crippen LogP contribution < -0.4 is 15.5 Å². The molecule has 2 bridgehead atoms. The van der Waals surface area contributed by atoms with Crippen LogP contribution in [-0.4, -0.2) is 24.7 Å². The van der Waals surface area contributed by atoms with E-state index in [0.717, 1.165) is 65.5 Å². The van der Waals surface area contributed by atoms with Crippen molar-refractivity contribution in [3.05, 3.63) is 56.2 Å². The lowest BCUT2D eigenvalue weighted by molar-refractivity contribution is -0.116. The first-order valence-electron chi connectivity index (χ1n) is 11.2. The van der Waals surface area contributed by atoms with Crippen molar-refractivity contribution in [1.82, 2.24) is 0 Å². The molecule has 32 heavy (non-hydrogen) atoms. The van der Waals surface area contributed by atoms with Gasteiger partial charge in [-0.3, -0.25) is 9.69 Å². The number of ketones is 1. The van der Waals surface area contributed by atoms with E-state index in [0.29, 0.717) is 29.6 Å². The average molecular weight is 460 g/mol. The van der Waals surface area contributed by atoms with E-state index in [1.807, 2.05) is 17.5 Å². The number of carbonyl (C=O) groups excluding carboxylic acids is 1. The largest absolute Gasteiger partial charge is 0.383 e. The minimum Gasteiger partial charge on any atom is -0.383 e. The topological polar surface area (TPSA) is 85.7 Å². The summed E-state index contributed by atoms with van der Waals surface area (Å²) in [7, 11) is 0. The first kappa shape index (κ1) is 18.7. The van der Waals surface area contributed by atoms with Crippen LogP contribution in [0.4, 0.5) is 10.0 Å². The first-order valence-corrected chi connectivity index (χ1v) is 12.9. The standard InChI is InChI=1S/C24H21N5OS2/c25-11-13-18(16-5-2-10-31-16)19-14(3-1-4-15(19)30)29-22(13)27-21(26)20-17-12-6-8-28(9-7-12)23(17)32-24(20)29/h2,5,10,12,18H,1,3-4,6-9H2,(H2,26,27). The van der Waals surface area contributed by atoms with E-state index in [9.17, 15) is 10.1 Å². The molecular weight excluding hydrogens is 438 g/mol. The maximum absolute atomic E-state index is 13.3. The number of amidine groups is 1. The van der Waals surface area contributed by atoms with Gasteiger partial charge in [-0.1, -0.05) is 17.4 Å². The molecule has 1 atom stereocenters. The van der Waals surface area contributed by atoms with Gasteiger partial charge in [-0.05, 0) is 43.0 Å². The molecule has 0 aromatic carbocycles. The summed E-state index contributed by atoms with van der Waals surface area (Å²) in [4.78, 5) is 23.8. The molecule has 6 aliphatic rings. The quantitative estimate of drug-likeness (QED) is 0.675. The number of thiophene rings is 2. The van der Waals surface area contributed by atoms with E-state index in [4.69, 9.17) is 10.7 Å². The van der Waals surface area contributed by atoms with Crippen molar-refractivity contribution in [3.8, 4) is 6.07 Å². The molecule has 1 fully saturated rings. The van der Waals surface area contributed by atoms with Crippen LogP contribution in [0.5, 0.6) is 0 Å². The van der Waals surface area contributed by atoms with Crippen LogP contribution in [0.25, 0.3) is 0 Å². The highest BCUT2D eigenvalue weighted by Crippen LogP contribution is 2.58. The Kier molecular flexibility index (Phi) is 3.83. The molecule has 0 spiro atoms. The highest BCUT2D eigenvalue weighted by atomic mass is 32.1. The molecule has 8 heteroatoms. The average Bonchev–Trinajstić information content (AvgIpc) is 3.48. The van der Waals surface area contributed by atoms with Crippen LogP contribution in [-0.2, 0) is 4.79 Å². The van der Waals surface area contributed by atoms with E-state index in [2.05, 4.69) is 15.9 Å². The summed E-state index contributed by atoms with van der Waals surface area (Å²) in [6, 6.07) is 6.43. The van der Waals surface area contributed by atoms with E-state index in [-0.39, 0.29) is 11.7 Å². The number of aliphatic imine (C=N–C) groups is 1. The number of nitrogens with zero attached hydrogens (tertiary/aromatic N) is 4. The number of hydrogen-bond acceptors (Lipinski definition) is 8. The molecule has 160 valence electrons. The lowest BCUT2D eigenvalue weighted by Gasteiger charge is -2.41. The zero-order valence-electron chi connectivity index (χ0n) is 17.4. The second-order valence-corrected chi connectivity index (χ2v) is 11.0. The third-order valence-electron chi connectivity index (χ3n) is 7.46. The maximum Gasteiger partial charge on any atom is 0.161 e. The molecule has 7 heterocycles. The van der Waals surface area contributed by atoms with Gasteiger partial charge in [0, 0.05) is 41.2 Å². The predicted octanol–water partition coefficient (Wildman–Crippen LogP) is 4.57. The third kappa shape index (κ3) is 2.28. The van der Waals surface area contributed by atoms with Crippen LogP contribution in [0.3, 0.4) is 0 Å². The second-order valence-electron chi connectivity index (χ2n) is 9.03. The van der Waals surface area contributed by atoms with Crippen LogP contribution in [0.2, 0.25) is 0 Å². The Labute approximate surface area is 194 Å². The Morgan fingerprint density at radius 3 is 2.81 bits per heavy atom. The molecule has 0 amide bonds. The Morgan fingerprint density at radius 2 is 2.06 bits per heavy atom. The number of hydrogen-bond donors (Lipinski definition) is 1. The number of Topliss-reactive ketones (excluding diaryl/α,β-unsaturated/α-hetero) is 1. The van der Waals surface area contributed by atoms with Crippen molar-refractivity contribution in [3.63, 3.8) is 0 Å². The zero-order valence-corrected chi connectivity index (χ0v) is 19.1. The fourth-order valence-electron chi connectivity index (χ4n) is 6.09. The lowest BCUT2D eigenvalue weighted by atomic mass is 9.77. The van der Waals surface area contributed by atoms with Crippen molar-refractivity contribution in [1.29, 1.82) is 5.26 Å². The molecule has 0 radical (unpaired) electrons. The molecule has 6 nitrogen and oxygen atoms in total. The Hall–Kier alpha value is -2.89. The summed E-state index contributed by atoms with van der Waals surface area (Å²) in [6.07, 6.45) is 4.49. The molecule has 1 saturated heterocycles. The van der Waals surface area contributed by atoms with Crippen LogP contribution >= 0.6 is 22.7 Å². The number of rotatable bonds is 1. The highest BCUT2D eigenvalue weighted by Gasteiger charge is 2.46. The molecule has 2 aromatic rings. The number of carbonyl (C=O) groups is 1. The summed E-state index contributed by atoms with van der Waals surface area (Å²) in [5, 5.41) is 14.6. The molecule has 0 saturated carbocycles. The van der Waals surface area contributed by atoms with Gasteiger partial charge in [0.1, 0.15) is 10.8 Å². The first-order chi connectivity index (χ1) is 15.7. The molecule has 1 aliphatic carbocycles. The normalized spacial score (nSPS) is 24.2. The van der Waals surface area contributed by atoms with E-state index in [1.165, 1.54) is 10.6 Å². The third-order valence-corrected chi connectivity index (χ3v) is 9.65. The fourth-order valence-corrected chi connectivity index (χ4v) is 8.41. The lowest BCUT2D eigenvalue weighted by Crippen LogP contribution is -2.40. The minimum atomic E-state index is -0.346. The van der Waals surface area contributed by atoms with Crippen molar-refractivity contribution in [2.24, 2.45) is 10.7 Å². The number of nitrogens with two attached hydrogens (primary N) is 1. The zero-order chi connectivity index (χ0) is 21.6. The Morgan fingerprint density at radius 1 is 1.22 bits per heavy atom. The minimum absolute atomic E-state index is 0.158. The molecule has 1 unspecified atom stereocenters. The summed E-state index contributed by atoms with van der Waals surface area (Å²) in [6.45, 7) is 2.18. The molecule has 5 aliphatic heterocycles. The van der Waals surface area contributed by atoms with Crippen molar-refractivity contribution in [2.45, 2.75) is 43.9 Å². The van der Waals surface area contributed by atoms with Crippen LogP contribution in [0.1, 0.15) is 59.9 Å². The summed E-state index contributed by atoms with van der Waals surface area (Å²) in [5.74, 6) is 1.47. The summed E-state index contributed by atoms with van der Waals surface area (Å²) in [5.41, 5.74) is 11.3. The smallest absolute Gasteiger partial charge is 0.161 e. The number of fused-ring (bicyclic) bond motifs is 6. The summed E-state index contributed by atoms with van der Waals surface area (Å²) >= 11 is 3.35. The van der Waals surface area contributed by atoms with Crippen LogP contribution in [0.15, 0.2) is 45.2 Å². The van der Waals surface area contributed by atoms with Gasteiger partial charge in [0.2, 0.25) is 0 Å². The van der Waals surface area contributed by atoms with Gasteiger partial charge in [-0.2, -0.15) is 5.26 Å². The van der Waals surface area contributed by atoms with Crippen molar-refractivity contribution < 1.29 is 4.79 Å².